The van der Waals surface area contributed by atoms with Crippen LogP contribution in [0.5, 0.6) is 0 Å². The Kier molecular flexibility index (Phi) is 5.10. The van der Waals surface area contributed by atoms with E-state index in [2.05, 4.69) is 9.71 Å². The highest BCUT2D eigenvalue weighted by Gasteiger charge is 2.25. The van der Waals surface area contributed by atoms with Crippen LogP contribution in [0.25, 0.3) is 0 Å². The van der Waals surface area contributed by atoms with Gasteiger partial charge in [-0.15, -0.1) is 16.2 Å². The normalized spacial score (nSPS) is 21.4. The van der Waals surface area contributed by atoms with E-state index in [1.54, 1.807) is 23.3 Å². The first-order chi connectivity index (χ1) is 13.0. The van der Waals surface area contributed by atoms with Crippen molar-refractivity contribution < 1.29 is 13.2 Å². The van der Waals surface area contributed by atoms with Gasteiger partial charge in [-0.25, -0.2) is 8.42 Å². The molecule has 142 valence electrons. The fraction of sp³-hybridized carbons (Fsp3) is 0.368. The summed E-state index contributed by atoms with van der Waals surface area (Å²) in [5.41, 5.74) is 1.21. The van der Waals surface area contributed by atoms with Crippen molar-refractivity contribution in [1.82, 2.24) is 4.90 Å². The molecule has 0 bridgehead atoms. The number of amidine groups is 1. The van der Waals surface area contributed by atoms with E-state index in [1.165, 1.54) is 30.6 Å². The topological polar surface area (TPSA) is 78.8 Å². The first kappa shape index (κ1) is 18.3. The van der Waals surface area contributed by atoms with Gasteiger partial charge in [0, 0.05) is 28.6 Å². The Hall–Kier alpha value is -2.06. The number of fused-ring (bicyclic) bond motifs is 1. The molecule has 0 aromatic heterocycles. The molecule has 8 heteroatoms. The van der Waals surface area contributed by atoms with Gasteiger partial charge in [0.05, 0.1) is 11.3 Å². The molecule has 1 amide bonds. The van der Waals surface area contributed by atoms with Crippen molar-refractivity contribution in [1.29, 1.82) is 0 Å². The van der Waals surface area contributed by atoms with E-state index in [1.807, 2.05) is 36.0 Å². The van der Waals surface area contributed by atoms with Crippen LogP contribution in [0.2, 0.25) is 0 Å². The number of rotatable bonds is 4. The quantitative estimate of drug-likeness (QED) is 0.835. The zero-order valence-electron chi connectivity index (χ0n) is 14.8. The van der Waals surface area contributed by atoms with Gasteiger partial charge < -0.3 is 10.2 Å². The highest BCUT2D eigenvalue weighted by atomic mass is 32.2. The van der Waals surface area contributed by atoms with E-state index in [0.29, 0.717) is 23.2 Å². The van der Waals surface area contributed by atoms with Crippen LogP contribution in [-0.4, -0.2) is 42.6 Å². The van der Waals surface area contributed by atoms with E-state index in [4.69, 9.17) is 0 Å². The maximum Gasteiger partial charge on any atom is 0.257 e. The Labute approximate surface area is 163 Å². The van der Waals surface area contributed by atoms with Crippen LogP contribution < -0.4 is 5.32 Å². The van der Waals surface area contributed by atoms with Crippen LogP contribution >= 0.6 is 11.8 Å². The maximum atomic E-state index is 12.5. The van der Waals surface area contributed by atoms with Gasteiger partial charge in [-0.1, -0.05) is 12.8 Å². The largest absolute Gasteiger partial charge is 0.330 e. The van der Waals surface area contributed by atoms with Gasteiger partial charge in [0.2, 0.25) is 0 Å². The van der Waals surface area contributed by atoms with Gasteiger partial charge in [-0.3, -0.25) is 4.79 Å². The summed E-state index contributed by atoms with van der Waals surface area (Å²) in [6, 6.07) is 7.93. The molecule has 1 N–H and O–H groups in total. The third-order valence-electron chi connectivity index (χ3n) is 4.80. The molecule has 4 rings (SSSR count). The SMILES string of the molecule is O=C(Nc1ccc(SC2CCCC2)cc1)C1=CN2CCS(=O)(=O)N=C2C=C1. The minimum atomic E-state index is -3.39. The summed E-state index contributed by atoms with van der Waals surface area (Å²) >= 11 is 1.91. The van der Waals surface area contributed by atoms with Crippen molar-refractivity contribution in [3.63, 3.8) is 0 Å². The van der Waals surface area contributed by atoms with E-state index in [-0.39, 0.29) is 11.7 Å². The standard InChI is InChI=1S/C19H21N3O3S2/c23-19(14-5-10-18-21-27(24,25)12-11-22(18)13-14)20-15-6-8-17(9-7-15)26-16-3-1-2-4-16/h5-10,13,16H,1-4,11-12H2,(H,20,23). The van der Waals surface area contributed by atoms with Crippen LogP contribution in [0.1, 0.15) is 25.7 Å². The van der Waals surface area contributed by atoms with Crippen molar-refractivity contribution in [3.05, 3.63) is 48.2 Å². The number of carbonyl (C=O) groups is 1. The number of nitrogens with zero attached hydrogens (tertiary/aromatic N) is 2. The number of sulfonamides is 1. The minimum Gasteiger partial charge on any atom is -0.330 e. The summed E-state index contributed by atoms with van der Waals surface area (Å²) in [7, 11) is -3.39. The molecular weight excluding hydrogens is 382 g/mol. The summed E-state index contributed by atoms with van der Waals surface area (Å²) in [6.07, 6.45) is 10.0. The van der Waals surface area contributed by atoms with Crippen molar-refractivity contribution >= 4 is 39.2 Å². The van der Waals surface area contributed by atoms with Gasteiger partial charge in [-0.2, -0.15) is 0 Å². The van der Waals surface area contributed by atoms with E-state index >= 15 is 0 Å². The third kappa shape index (κ3) is 4.44. The summed E-state index contributed by atoms with van der Waals surface area (Å²) in [6.45, 7) is 0.301. The molecule has 0 spiro atoms. The van der Waals surface area contributed by atoms with Crippen molar-refractivity contribution in [2.75, 3.05) is 17.6 Å². The van der Waals surface area contributed by atoms with Crippen LogP contribution in [-0.2, 0) is 14.8 Å². The monoisotopic (exact) mass is 403 g/mol. The van der Waals surface area contributed by atoms with Crippen LogP contribution in [0.4, 0.5) is 5.69 Å². The number of anilines is 1. The third-order valence-corrected chi connectivity index (χ3v) is 7.32. The second kappa shape index (κ2) is 7.52. The number of hydrogen-bond acceptors (Lipinski definition) is 5. The first-order valence-electron chi connectivity index (χ1n) is 9.06. The second-order valence-corrected chi connectivity index (χ2v) is 9.98. The second-order valence-electron chi connectivity index (χ2n) is 6.85. The van der Waals surface area contributed by atoms with E-state index in [9.17, 15) is 13.2 Å². The molecule has 2 aliphatic heterocycles. The molecule has 3 aliphatic rings. The fourth-order valence-electron chi connectivity index (χ4n) is 3.35. The number of nitrogens with one attached hydrogen (secondary N) is 1. The molecule has 0 radical (unpaired) electrons. The first-order valence-corrected chi connectivity index (χ1v) is 11.5. The van der Waals surface area contributed by atoms with Crippen LogP contribution in [0, 0.1) is 0 Å². The van der Waals surface area contributed by atoms with Gasteiger partial charge >= 0.3 is 0 Å². The average Bonchev–Trinajstić information content (AvgIpc) is 3.15. The molecule has 1 fully saturated rings. The Morgan fingerprint density at radius 2 is 1.89 bits per heavy atom. The number of benzene rings is 1. The zero-order chi connectivity index (χ0) is 18.9. The van der Waals surface area contributed by atoms with Gasteiger partial charge in [-0.05, 0) is 49.3 Å². The Morgan fingerprint density at radius 3 is 2.63 bits per heavy atom. The lowest BCUT2D eigenvalue weighted by molar-refractivity contribution is -0.112. The summed E-state index contributed by atoms with van der Waals surface area (Å²) in [5, 5.41) is 3.61. The van der Waals surface area contributed by atoms with Crippen molar-refractivity contribution in [2.45, 2.75) is 35.8 Å². The molecule has 0 saturated heterocycles. The number of hydrogen-bond donors (Lipinski definition) is 1. The molecule has 27 heavy (non-hydrogen) atoms. The molecular formula is C19H21N3O3S2. The maximum absolute atomic E-state index is 12.5. The average molecular weight is 404 g/mol. The Bertz CT molecular complexity index is 927. The fourth-order valence-corrected chi connectivity index (χ4v) is 5.57. The molecule has 6 nitrogen and oxygen atoms in total. The highest BCUT2D eigenvalue weighted by Crippen LogP contribution is 2.35. The van der Waals surface area contributed by atoms with E-state index in [0.717, 1.165) is 5.69 Å². The Balaban J connectivity index is 1.39. The van der Waals surface area contributed by atoms with Gasteiger partial charge in [0.15, 0.2) is 0 Å². The number of carbonyl (C=O) groups excluding carboxylic acids is 1. The predicted octanol–water partition coefficient (Wildman–Crippen LogP) is 3.16. The smallest absolute Gasteiger partial charge is 0.257 e. The van der Waals surface area contributed by atoms with Crippen LogP contribution in [0.3, 0.4) is 0 Å². The molecule has 0 atom stereocenters. The molecule has 1 aliphatic carbocycles. The zero-order valence-corrected chi connectivity index (χ0v) is 16.4. The molecule has 1 aromatic carbocycles. The highest BCUT2D eigenvalue weighted by molar-refractivity contribution is 8.00. The molecule has 1 aromatic rings. The van der Waals surface area contributed by atoms with Gasteiger partial charge in [0.1, 0.15) is 5.84 Å². The number of amides is 1. The van der Waals surface area contributed by atoms with Gasteiger partial charge in [0.25, 0.3) is 15.9 Å². The minimum absolute atomic E-state index is 0.0458. The lowest BCUT2D eigenvalue weighted by Gasteiger charge is -2.26. The molecule has 2 heterocycles. The summed E-state index contributed by atoms with van der Waals surface area (Å²) in [4.78, 5) is 15.4. The summed E-state index contributed by atoms with van der Waals surface area (Å²) in [5.74, 6) is 0.0802. The molecule has 1 saturated carbocycles. The predicted molar refractivity (Wildman–Crippen MR) is 108 cm³/mol. The van der Waals surface area contributed by atoms with Crippen LogP contribution in [0.15, 0.2) is 57.5 Å². The Morgan fingerprint density at radius 1 is 1.15 bits per heavy atom. The summed E-state index contributed by atoms with van der Waals surface area (Å²) < 4.78 is 26.8. The van der Waals surface area contributed by atoms with Crippen molar-refractivity contribution in [2.24, 2.45) is 4.40 Å². The van der Waals surface area contributed by atoms with Crippen molar-refractivity contribution in [3.8, 4) is 0 Å². The number of thioether (sulfide) groups is 1. The molecule has 0 unspecified atom stereocenters. The lowest BCUT2D eigenvalue weighted by Crippen LogP contribution is -2.37. The lowest BCUT2D eigenvalue weighted by atomic mass is 10.1. The van der Waals surface area contributed by atoms with E-state index < -0.39 is 10.0 Å².